The number of aromatic nitrogens is 1. The monoisotopic (exact) mass is 292 g/mol. The van der Waals surface area contributed by atoms with E-state index >= 15 is 0 Å². The number of hydrogen-bond donors (Lipinski definition) is 0. The predicted octanol–water partition coefficient (Wildman–Crippen LogP) is 2.72. The fraction of sp³-hybridized carbons (Fsp3) is 0.600. The van der Waals surface area contributed by atoms with Crippen LogP contribution >= 0.6 is 11.3 Å². The van der Waals surface area contributed by atoms with Crippen LogP contribution in [0.5, 0.6) is 0 Å². The first kappa shape index (κ1) is 13.8. The third-order valence-corrected chi connectivity index (χ3v) is 5.03. The fourth-order valence-electron chi connectivity index (χ4n) is 2.79. The molecule has 4 nitrogen and oxygen atoms in total. The predicted molar refractivity (Wildman–Crippen MR) is 80.3 cm³/mol. The maximum Gasteiger partial charge on any atom is 0.258 e. The molecule has 1 aromatic heterocycles. The molecule has 0 unspecified atom stereocenters. The molecule has 0 aromatic carbocycles. The zero-order valence-corrected chi connectivity index (χ0v) is 12.5. The van der Waals surface area contributed by atoms with Crippen molar-refractivity contribution in [2.75, 3.05) is 18.1 Å². The molecule has 0 saturated carbocycles. The van der Waals surface area contributed by atoms with Crippen LogP contribution in [-0.2, 0) is 22.4 Å². The summed E-state index contributed by atoms with van der Waals surface area (Å²) >= 11 is 1.66. The van der Waals surface area contributed by atoms with Gasteiger partial charge in [-0.25, -0.2) is 4.98 Å². The van der Waals surface area contributed by atoms with Gasteiger partial charge in [-0.3, -0.25) is 9.69 Å². The summed E-state index contributed by atoms with van der Waals surface area (Å²) in [5.41, 5.74) is 1.19. The highest BCUT2D eigenvalue weighted by Crippen LogP contribution is 2.32. The van der Waals surface area contributed by atoms with Gasteiger partial charge in [0.15, 0.2) is 5.13 Å². The molecule has 0 spiro atoms. The number of fused-ring (bicyclic) bond motifs is 1. The van der Waals surface area contributed by atoms with Crippen LogP contribution in [-0.4, -0.2) is 30.1 Å². The fourth-order valence-corrected chi connectivity index (χ4v) is 3.95. The number of carbonyl (C=O) groups is 1. The van der Waals surface area contributed by atoms with E-state index in [-0.39, 0.29) is 12.0 Å². The van der Waals surface area contributed by atoms with Crippen molar-refractivity contribution in [3.63, 3.8) is 0 Å². The highest BCUT2D eigenvalue weighted by atomic mass is 32.1. The molecule has 2 heterocycles. The minimum absolute atomic E-state index is 0.0356. The van der Waals surface area contributed by atoms with Crippen molar-refractivity contribution in [1.82, 2.24) is 4.98 Å². The van der Waals surface area contributed by atoms with E-state index in [1.54, 1.807) is 22.3 Å². The van der Waals surface area contributed by atoms with Gasteiger partial charge >= 0.3 is 0 Å². The second-order valence-electron chi connectivity index (χ2n) is 5.31. The summed E-state index contributed by atoms with van der Waals surface area (Å²) in [5.74, 6) is 0.0356. The summed E-state index contributed by atoms with van der Waals surface area (Å²) in [6.07, 6.45) is 7.83. The minimum Gasteiger partial charge on any atom is -0.368 e. The van der Waals surface area contributed by atoms with Crippen LogP contribution in [0, 0.1) is 0 Å². The van der Waals surface area contributed by atoms with Gasteiger partial charge in [-0.1, -0.05) is 6.08 Å². The number of ether oxygens (including phenoxy) is 1. The van der Waals surface area contributed by atoms with Gasteiger partial charge in [-0.15, -0.1) is 17.9 Å². The number of rotatable bonds is 4. The molecule has 108 valence electrons. The maximum absolute atomic E-state index is 12.6. The first-order valence-electron chi connectivity index (χ1n) is 7.32. The lowest BCUT2D eigenvalue weighted by Crippen LogP contribution is -2.39. The van der Waals surface area contributed by atoms with Crippen LogP contribution in [0.3, 0.4) is 0 Å². The highest BCUT2D eigenvalue weighted by Gasteiger charge is 2.30. The lowest BCUT2D eigenvalue weighted by molar-refractivity contribution is -0.127. The third-order valence-electron chi connectivity index (χ3n) is 3.85. The lowest BCUT2D eigenvalue weighted by atomic mass is 10.0. The lowest BCUT2D eigenvalue weighted by Gasteiger charge is -2.21. The van der Waals surface area contributed by atoms with Gasteiger partial charge in [0, 0.05) is 18.0 Å². The van der Waals surface area contributed by atoms with Gasteiger partial charge in [0.2, 0.25) is 0 Å². The van der Waals surface area contributed by atoms with E-state index in [0.717, 1.165) is 30.8 Å². The van der Waals surface area contributed by atoms with E-state index in [1.165, 1.54) is 23.4 Å². The number of aryl methyl sites for hydroxylation is 2. The quantitative estimate of drug-likeness (QED) is 0.801. The Hall–Kier alpha value is -1.20. The second-order valence-corrected chi connectivity index (χ2v) is 6.37. The summed E-state index contributed by atoms with van der Waals surface area (Å²) in [5, 5.41) is 0.817. The molecule has 0 bridgehead atoms. The summed E-state index contributed by atoms with van der Waals surface area (Å²) in [4.78, 5) is 20.3. The third kappa shape index (κ3) is 2.65. The molecular formula is C15H20N2O2S. The Morgan fingerprint density at radius 1 is 1.45 bits per heavy atom. The Morgan fingerprint density at radius 3 is 3.00 bits per heavy atom. The SMILES string of the molecule is C=CCN(C(=O)[C@H]1CCCO1)c1nc2c(s1)CCCC2. The topological polar surface area (TPSA) is 42.4 Å². The Labute approximate surface area is 123 Å². The van der Waals surface area contributed by atoms with Crippen molar-refractivity contribution in [1.29, 1.82) is 0 Å². The van der Waals surface area contributed by atoms with E-state index in [4.69, 9.17) is 4.74 Å². The molecule has 20 heavy (non-hydrogen) atoms. The Balaban J connectivity index is 1.83. The molecule has 1 fully saturated rings. The maximum atomic E-state index is 12.6. The van der Waals surface area contributed by atoms with Crippen LogP contribution in [0.1, 0.15) is 36.3 Å². The Kier molecular flexibility index (Phi) is 4.17. The first-order chi connectivity index (χ1) is 9.79. The standard InChI is InChI=1S/C15H20N2O2S/c1-2-9-17(14(18)12-7-5-10-19-12)15-16-11-6-3-4-8-13(11)20-15/h2,12H,1,3-10H2/t12-/m1/s1. The Bertz CT molecular complexity index is 482. The largest absolute Gasteiger partial charge is 0.368 e. The van der Waals surface area contributed by atoms with Gasteiger partial charge in [0.05, 0.1) is 5.69 Å². The van der Waals surface area contributed by atoms with Crippen molar-refractivity contribution >= 4 is 22.4 Å². The first-order valence-corrected chi connectivity index (χ1v) is 8.13. The van der Waals surface area contributed by atoms with Crippen molar-refractivity contribution < 1.29 is 9.53 Å². The minimum atomic E-state index is -0.295. The molecule has 1 saturated heterocycles. The second kappa shape index (κ2) is 6.06. The van der Waals surface area contributed by atoms with E-state index in [2.05, 4.69) is 11.6 Å². The van der Waals surface area contributed by atoms with Crippen LogP contribution in [0.4, 0.5) is 5.13 Å². The van der Waals surface area contributed by atoms with E-state index in [9.17, 15) is 4.79 Å². The number of anilines is 1. The molecule has 1 atom stereocenters. The normalized spacial score (nSPS) is 21.5. The summed E-state index contributed by atoms with van der Waals surface area (Å²) < 4.78 is 5.52. The van der Waals surface area contributed by atoms with Crippen molar-refractivity contribution in [3.05, 3.63) is 23.2 Å². The van der Waals surface area contributed by atoms with Gasteiger partial charge in [-0.05, 0) is 38.5 Å². The van der Waals surface area contributed by atoms with Gasteiger partial charge in [0.1, 0.15) is 6.10 Å². The zero-order chi connectivity index (χ0) is 13.9. The molecule has 1 aromatic rings. The number of carbonyl (C=O) groups excluding carboxylic acids is 1. The molecule has 1 aliphatic carbocycles. The molecule has 1 aliphatic heterocycles. The van der Waals surface area contributed by atoms with Crippen LogP contribution < -0.4 is 4.90 Å². The molecule has 0 N–H and O–H groups in total. The average molecular weight is 292 g/mol. The van der Waals surface area contributed by atoms with E-state index in [0.29, 0.717) is 13.2 Å². The smallest absolute Gasteiger partial charge is 0.258 e. The number of hydrogen-bond acceptors (Lipinski definition) is 4. The highest BCUT2D eigenvalue weighted by molar-refractivity contribution is 7.16. The molecule has 3 rings (SSSR count). The molecule has 1 amide bonds. The van der Waals surface area contributed by atoms with Crippen molar-refractivity contribution in [2.45, 2.75) is 44.6 Å². The zero-order valence-electron chi connectivity index (χ0n) is 11.6. The molecule has 0 radical (unpaired) electrons. The van der Waals surface area contributed by atoms with Crippen molar-refractivity contribution in [2.24, 2.45) is 0 Å². The van der Waals surface area contributed by atoms with Crippen LogP contribution in [0.25, 0.3) is 0 Å². The summed E-state index contributed by atoms with van der Waals surface area (Å²) in [7, 11) is 0. The van der Waals surface area contributed by atoms with Gasteiger partial charge < -0.3 is 4.74 Å². The number of thiazole rings is 1. The number of amides is 1. The Morgan fingerprint density at radius 2 is 2.30 bits per heavy atom. The summed E-state index contributed by atoms with van der Waals surface area (Å²) in [6.45, 7) is 4.95. The molecule has 5 heteroatoms. The molecule has 2 aliphatic rings. The summed E-state index contributed by atoms with van der Waals surface area (Å²) in [6, 6.07) is 0. The van der Waals surface area contributed by atoms with E-state index in [1.807, 2.05) is 0 Å². The number of nitrogens with zero attached hydrogens (tertiary/aromatic N) is 2. The van der Waals surface area contributed by atoms with Gasteiger partial charge in [0.25, 0.3) is 5.91 Å². The van der Waals surface area contributed by atoms with Gasteiger partial charge in [-0.2, -0.15) is 0 Å². The van der Waals surface area contributed by atoms with Crippen LogP contribution in [0.2, 0.25) is 0 Å². The van der Waals surface area contributed by atoms with Crippen molar-refractivity contribution in [3.8, 4) is 0 Å². The van der Waals surface area contributed by atoms with Crippen LogP contribution in [0.15, 0.2) is 12.7 Å². The molecular weight excluding hydrogens is 272 g/mol. The van der Waals surface area contributed by atoms with E-state index < -0.39 is 0 Å². The average Bonchev–Trinajstić information content (AvgIpc) is 3.12.